The van der Waals surface area contributed by atoms with Crippen molar-refractivity contribution in [2.45, 2.75) is 29.6 Å². The topological polar surface area (TPSA) is 32.3 Å². The Bertz CT molecular complexity index is 458. The number of carbonyl (C=O) groups is 1. The van der Waals surface area contributed by atoms with Gasteiger partial charge in [0.05, 0.1) is 0 Å². The number of likely N-dealkylation sites (tertiary alicyclic amines) is 1. The van der Waals surface area contributed by atoms with E-state index in [9.17, 15) is 4.79 Å². The number of carbonyl (C=O) groups excluding carboxylic acids is 1. The number of amides is 1. The number of hydrogen-bond donors (Lipinski definition) is 1. The first-order valence-electron chi connectivity index (χ1n) is 6.94. The highest BCUT2D eigenvalue weighted by Gasteiger charge is 2.46. The molecule has 1 N–H and O–H groups in total. The Morgan fingerprint density at radius 2 is 2.16 bits per heavy atom. The first-order chi connectivity index (χ1) is 9.19. The van der Waals surface area contributed by atoms with E-state index in [-0.39, 0.29) is 5.91 Å². The van der Waals surface area contributed by atoms with Gasteiger partial charge >= 0.3 is 0 Å². The van der Waals surface area contributed by atoms with Crippen molar-refractivity contribution in [2.75, 3.05) is 19.6 Å². The van der Waals surface area contributed by atoms with Gasteiger partial charge in [-0.1, -0.05) is 46.3 Å². The molecule has 2 aliphatic rings. The van der Waals surface area contributed by atoms with Gasteiger partial charge in [0.1, 0.15) is 4.32 Å². The van der Waals surface area contributed by atoms with E-state index in [0.717, 1.165) is 38.9 Å². The van der Waals surface area contributed by atoms with E-state index in [1.54, 1.807) is 0 Å². The fourth-order valence-electron chi connectivity index (χ4n) is 3.10. The van der Waals surface area contributed by atoms with Crippen LogP contribution in [0.2, 0.25) is 0 Å². The number of hydrogen-bond acceptors (Lipinski definition) is 2. The Balaban J connectivity index is 1.73. The molecule has 2 heterocycles. The lowest BCUT2D eigenvalue weighted by atomic mass is 9.98. The van der Waals surface area contributed by atoms with E-state index in [1.807, 2.05) is 18.2 Å². The Morgan fingerprint density at radius 1 is 1.37 bits per heavy atom. The van der Waals surface area contributed by atoms with Crippen LogP contribution >= 0.6 is 15.9 Å². The standard InChI is InChI=1S/C15H19BrN2O/c16-15(10-12-4-2-1-3-5-12)7-9-18(14(15)19)13-6-8-17-11-13/h1-5,13,17H,6-11H2/t13?,15-/m0/s1. The summed E-state index contributed by atoms with van der Waals surface area (Å²) < 4.78 is -0.392. The van der Waals surface area contributed by atoms with Gasteiger partial charge < -0.3 is 10.2 Å². The molecule has 102 valence electrons. The molecule has 2 fully saturated rings. The lowest BCUT2D eigenvalue weighted by Crippen LogP contribution is -2.43. The third kappa shape index (κ3) is 2.56. The summed E-state index contributed by atoms with van der Waals surface area (Å²) in [5.41, 5.74) is 1.22. The SMILES string of the molecule is O=C1N(C2CCNC2)CC[C@]1(Br)Cc1ccccc1. The predicted octanol–water partition coefficient (Wildman–Crippen LogP) is 1.96. The molecule has 1 aromatic rings. The van der Waals surface area contributed by atoms with Crippen LogP contribution in [0.25, 0.3) is 0 Å². The first-order valence-corrected chi connectivity index (χ1v) is 7.73. The molecule has 0 saturated carbocycles. The highest BCUT2D eigenvalue weighted by molar-refractivity contribution is 9.10. The zero-order valence-electron chi connectivity index (χ0n) is 10.9. The van der Waals surface area contributed by atoms with Crippen molar-refractivity contribution in [3.05, 3.63) is 35.9 Å². The predicted molar refractivity (Wildman–Crippen MR) is 79.4 cm³/mol. The van der Waals surface area contributed by atoms with E-state index in [4.69, 9.17) is 0 Å². The van der Waals surface area contributed by atoms with Gasteiger partial charge in [-0.2, -0.15) is 0 Å². The van der Waals surface area contributed by atoms with Crippen LogP contribution < -0.4 is 5.32 Å². The quantitative estimate of drug-likeness (QED) is 0.863. The van der Waals surface area contributed by atoms with Crippen LogP contribution in [-0.4, -0.2) is 40.8 Å². The minimum absolute atomic E-state index is 0.269. The molecule has 1 aromatic carbocycles. The molecule has 0 spiro atoms. The van der Waals surface area contributed by atoms with E-state index < -0.39 is 4.32 Å². The van der Waals surface area contributed by atoms with Gasteiger partial charge in [0, 0.05) is 19.1 Å². The molecule has 2 aliphatic heterocycles. The van der Waals surface area contributed by atoms with Crippen LogP contribution in [0.15, 0.2) is 30.3 Å². The summed E-state index contributed by atoms with van der Waals surface area (Å²) in [5.74, 6) is 0.269. The van der Waals surface area contributed by atoms with Crippen molar-refractivity contribution >= 4 is 21.8 Å². The second-order valence-electron chi connectivity index (χ2n) is 5.52. The smallest absolute Gasteiger partial charge is 0.240 e. The van der Waals surface area contributed by atoms with Gasteiger partial charge in [0.15, 0.2) is 0 Å². The van der Waals surface area contributed by atoms with Crippen LogP contribution in [-0.2, 0) is 11.2 Å². The van der Waals surface area contributed by atoms with E-state index in [2.05, 4.69) is 38.3 Å². The Kier molecular flexibility index (Phi) is 3.63. The molecule has 0 radical (unpaired) electrons. The van der Waals surface area contributed by atoms with Gasteiger partial charge in [-0.15, -0.1) is 0 Å². The second kappa shape index (κ2) is 5.25. The maximum absolute atomic E-state index is 12.7. The van der Waals surface area contributed by atoms with Crippen LogP contribution in [0.5, 0.6) is 0 Å². The molecule has 19 heavy (non-hydrogen) atoms. The maximum Gasteiger partial charge on any atom is 0.240 e. The van der Waals surface area contributed by atoms with Crippen LogP contribution in [0.1, 0.15) is 18.4 Å². The van der Waals surface area contributed by atoms with E-state index in [0.29, 0.717) is 6.04 Å². The second-order valence-corrected chi connectivity index (χ2v) is 7.04. The van der Waals surface area contributed by atoms with Gasteiger partial charge in [-0.05, 0) is 31.4 Å². The van der Waals surface area contributed by atoms with Crippen LogP contribution in [0.3, 0.4) is 0 Å². The molecule has 0 aliphatic carbocycles. The van der Waals surface area contributed by atoms with Crippen LogP contribution in [0, 0.1) is 0 Å². The summed E-state index contributed by atoms with van der Waals surface area (Å²) in [6, 6.07) is 10.7. The maximum atomic E-state index is 12.7. The van der Waals surface area contributed by atoms with E-state index in [1.165, 1.54) is 5.56 Å². The number of benzene rings is 1. The fraction of sp³-hybridized carbons (Fsp3) is 0.533. The largest absolute Gasteiger partial charge is 0.337 e. The minimum atomic E-state index is -0.392. The minimum Gasteiger partial charge on any atom is -0.337 e. The molecular weight excluding hydrogens is 304 g/mol. The lowest BCUT2D eigenvalue weighted by Gasteiger charge is -2.26. The van der Waals surface area contributed by atoms with Gasteiger partial charge in [0.2, 0.25) is 5.91 Å². The molecule has 2 atom stereocenters. The van der Waals surface area contributed by atoms with Crippen molar-refractivity contribution in [1.82, 2.24) is 10.2 Å². The third-order valence-corrected chi connectivity index (χ3v) is 5.21. The zero-order valence-corrected chi connectivity index (χ0v) is 12.5. The summed E-state index contributed by atoms with van der Waals surface area (Å²) in [4.78, 5) is 14.7. The van der Waals surface area contributed by atoms with Crippen molar-refractivity contribution in [1.29, 1.82) is 0 Å². The Morgan fingerprint density at radius 3 is 2.84 bits per heavy atom. The van der Waals surface area contributed by atoms with Gasteiger partial charge in [-0.3, -0.25) is 4.79 Å². The summed E-state index contributed by atoms with van der Waals surface area (Å²) >= 11 is 3.72. The average molecular weight is 323 g/mol. The number of nitrogens with zero attached hydrogens (tertiary/aromatic N) is 1. The number of rotatable bonds is 3. The molecule has 1 unspecified atom stereocenters. The number of alkyl halides is 1. The Hall–Kier alpha value is -0.870. The monoisotopic (exact) mass is 322 g/mol. The molecule has 0 aromatic heterocycles. The molecular formula is C15H19BrN2O. The highest BCUT2D eigenvalue weighted by Crippen LogP contribution is 2.36. The molecule has 0 bridgehead atoms. The highest BCUT2D eigenvalue weighted by atomic mass is 79.9. The molecule has 3 nitrogen and oxygen atoms in total. The summed E-state index contributed by atoms with van der Waals surface area (Å²) in [7, 11) is 0. The van der Waals surface area contributed by atoms with Crippen molar-refractivity contribution < 1.29 is 4.79 Å². The molecule has 4 heteroatoms. The lowest BCUT2D eigenvalue weighted by molar-refractivity contribution is -0.131. The van der Waals surface area contributed by atoms with E-state index >= 15 is 0 Å². The summed E-state index contributed by atoms with van der Waals surface area (Å²) in [6.07, 6.45) is 2.76. The Labute approximate surface area is 122 Å². The first kappa shape index (κ1) is 13.1. The fourth-order valence-corrected chi connectivity index (χ4v) is 3.83. The van der Waals surface area contributed by atoms with Crippen molar-refractivity contribution in [3.63, 3.8) is 0 Å². The molecule has 2 saturated heterocycles. The van der Waals surface area contributed by atoms with Gasteiger partial charge in [-0.25, -0.2) is 0 Å². The number of nitrogens with one attached hydrogen (secondary N) is 1. The van der Waals surface area contributed by atoms with Crippen LogP contribution in [0.4, 0.5) is 0 Å². The normalized spacial score (nSPS) is 31.1. The average Bonchev–Trinajstić information content (AvgIpc) is 3.02. The number of halogens is 1. The van der Waals surface area contributed by atoms with Crippen molar-refractivity contribution in [3.8, 4) is 0 Å². The third-order valence-electron chi connectivity index (χ3n) is 4.20. The zero-order chi connectivity index (χ0) is 13.3. The molecule has 1 amide bonds. The summed E-state index contributed by atoms with van der Waals surface area (Å²) in [5, 5.41) is 3.34. The molecule has 3 rings (SSSR count). The van der Waals surface area contributed by atoms with Crippen molar-refractivity contribution in [2.24, 2.45) is 0 Å². The van der Waals surface area contributed by atoms with Gasteiger partial charge in [0.25, 0.3) is 0 Å². The summed E-state index contributed by atoms with van der Waals surface area (Å²) in [6.45, 7) is 2.85.